The van der Waals surface area contributed by atoms with E-state index in [1.54, 1.807) is 24.4 Å². The smallest absolute Gasteiger partial charge is 0.255 e. The zero-order valence-electron chi connectivity index (χ0n) is 15.9. The van der Waals surface area contributed by atoms with E-state index in [4.69, 9.17) is 9.47 Å². The van der Waals surface area contributed by atoms with Gasteiger partial charge in [0, 0.05) is 18.7 Å². The predicted octanol–water partition coefficient (Wildman–Crippen LogP) is 3.98. The first kappa shape index (κ1) is 19.6. The molecule has 0 aliphatic rings. The van der Waals surface area contributed by atoms with Crippen molar-refractivity contribution in [2.75, 3.05) is 36.5 Å². The van der Waals surface area contributed by atoms with Gasteiger partial charge in [0.25, 0.3) is 5.91 Å². The topological polar surface area (TPSA) is 63.7 Å². The molecule has 0 aliphatic carbocycles. The van der Waals surface area contributed by atoms with E-state index in [0.717, 1.165) is 18.9 Å². The van der Waals surface area contributed by atoms with Crippen LogP contribution in [0.15, 0.2) is 36.5 Å². The Morgan fingerprint density at radius 3 is 2.27 bits per heavy atom. The number of nitrogens with zero attached hydrogens (tertiary/aromatic N) is 2. The molecule has 140 valence electrons. The number of nitrogens with one attached hydrogen (secondary N) is 1. The summed E-state index contributed by atoms with van der Waals surface area (Å²) in [5.41, 5.74) is 1.16. The summed E-state index contributed by atoms with van der Waals surface area (Å²) >= 11 is 0. The van der Waals surface area contributed by atoms with Crippen molar-refractivity contribution in [2.24, 2.45) is 0 Å². The summed E-state index contributed by atoms with van der Waals surface area (Å²) in [6, 6.07) is 8.94. The second kappa shape index (κ2) is 9.65. The number of hydrogen-bond acceptors (Lipinski definition) is 5. The van der Waals surface area contributed by atoms with Crippen molar-refractivity contribution in [3.05, 3.63) is 42.1 Å². The van der Waals surface area contributed by atoms with Gasteiger partial charge in [-0.3, -0.25) is 4.79 Å². The molecule has 2 rings (SSSR count). The van der Waals surface area contributed by atoms with E-state index < -0.39 is 0 Å². The molecule has 1 amide bonds. The Bertz CT molecular complexity index is 713. The van der Waals surface area contributed by atoms with E-state index in [2.05, 4.69) is 29.0 Å². The summed E-state index contributed by atoms with van der Waals surface area (Å²) in [5.74, 6) is 1.88. The summed E-state index contributed by atoms with van der Waals surface area (Å²) in [6.07, 6.45) is 1.67. The highest BCUT2D eigenvalue weighted by atomic mass is 16.5. The number of benzene rings is 1. The van der Waals surface area contributed by atoms with Crippen molar-refractivity contribution in [3.63, 3.8) is 0 Å². The van der Waals surface area contributed by atoms with Gasteiger partial charge in [0.2, 0.25) is 0 Å². The second-order valence-electron chi connectivity index (χ2n) is 5.56. The lowest BCUT2D eigenvalue weighted by Crippen LogP contribution is -2.22. The first-order chi connectivity index (χ1) is 12.6. The van der Waals surface area contributed by atoms with E-state index in [9.17, 15) is 4.79 Å². The minimum atomic E-state index is -0.216. The number of aromatic nitrogens is 1. The van der Waals surface area contributed by atoms with Crippen molar-refractivity contribution in [2.45, 2.75) is 27.7 Å². The first-order valence-corrected chi connectivity index (χ1v) is 9.04. The minimum absolute atomic E-state index is 0.216. The third kappa shape index (κ3) is 4.88. The van der Waals surface area contributed by atoms with Gasteiger partial charge in [-0.15, -0.1) is 0 Å². The number of carbonyl (C=O) groups is 1. The largest absolute Gasteiger partial charge is 0.490 e. The van der Waals surface area contributed by atoms with Gasteiger partial charge < -0.3 is 19.7 Å². The predicted molar refractivity (Wildman–Crippen MR) is 105 cm³/mol. The normalized spacial score (nSPS) is 10.3. The number of rotatable bonds is 9. The Balaban J connectivity index is 2.12. The standard InChI is InChI=1S/C20H27N3O3/c1-5-23(6-2)19-12-10-16(14-21-19)22-20(24)15-9-11-17(25-7-3)18(13-15)26-8-4/h9-14H,5-8H2,1-4H3,(H,22,24). The molecule has 6 nitrogen and oxygen atoms in total. The average molecular weight is 357 g/mol. The second-order valence-corrected chi connectivity index (χ2v) is 5.56. The molecule has 0 bridgehead atoms. The molecule has 1 heterocycles. The summed E-state index contributed by atoms with van der Waals surface area (Å²) in [5, 5.41) is 2.86. The van der Waals surface area contributed by atoms with Crippen LogP contribution in [-0.2, 0) is 0 Å². The molecule has 26 heavy (non-hydrogen) atoms. The maximum absolute atomic E-state index is 12.5. The monoisotopic (exact) mass is 357 g/mol. The lowest BCUT2D eigenvalue weighted by molar-refractivity contribution is 0.102. The molecule has 2 aromatic rings. The number of amides is 1. The van der Waals surface area contributed by atoms with Crippen molar-refractivity contribution in [1.82, 2.24) is 4.98 Å². The summed E-state index contributed by atoms with van der Waals surface area (Å²) < 4.78 is 11.1. The van der Waals surface area contributed by atoms with Crippen LogP contribution >= 0.6 is 0 Å². The molecule has 0 radical (unpaired) electrons. The van der Waals surface area contributed by atoms with Gasteiger partial charge in [-0.25, -0.2) is 4.98 Å². The molecule has 0 atom stereocenters. The van der Waals surface area contributed by atoms with Crippen molar-refractivity contribution in [3.8, 4) is 11.5 Å². The fraction of sp³-hybridized carbons (Fsp3) is 0.400. The van der Waals surface area contributed by atoms with E-state index in [1.807, 2.05) is 26.0 Å². The Hall–Kier alpha value is -2.76. The molecule has 0 fully saturated rings. The number of carbonyl (C=O) groups excluding carboxylic acids is 1. The van der Waals surface area contributed by atoms with Gasteiger partial charge in [-0.2, -0.15) is 0 Å². The fourth-order valence-corrected chi connectivity index (χ4v) is 2.59. The molecule has 1 aromatic heterocycles. The Morgan fingerprint density at radius 2 is 1.69 bits per heavy atom. The molecule has 0 unspecified atom stereocenters. The van der Waals surface area contributed by atoms with Crippen LogP contribution < -0.4 is 19.7 Å². The molecule has 0 saturated carbocycles. The molecular formula is C20H27N3O3. The van der Waals surface area contributed by atoms with Crippen LogP contribution in [0.25, 0.3) is 0 Å². The van der Waals surface area contributed by atoms with Crippen LogP contribution in [0.4, 0.5) is 11.5 Å². The van der Waals surface area contributed by atoms with Gasteiger partial charge in [-0.1, -0.05) is 0 Å². The van der Waals surface area contributed by atoms with Crippen molar-refractivity contribution < 1.29 is 14.3 Å². The van der Waals surface area contributed by atoms with Gasteiger partial charge in [0.05, 0.1) is 25.1 Å². The van der Waals surface area contributed by atoms with Crippen LogP contribution in [0.2, 0.25) is 0 Å². The lowest BCUT2D eigenvalue weighted by atomic mass is 10.2. The van der Waals surface area contributed by atoms with Crippen molar-refractivity contribution in [1.29, 1.82) is 0 Å². The third-order valence-corrected chi connectivity index (χ3v) is 3.90. The van der Waals surface area contributed by atoms with Crippen LogP contribution in [-0.4, -0.2) is 37.2 Å². The highest BCUT2D eigenvalue weighted by Crippen LogP contribution is 2.29. The molecule has 0 spiro atoms. The maximum Gasteiger partial charge on any atom is 0.255 e. The van der Waals surface area contributed by atoms with E-state index >= 15 is 0 Å². The zero-order chi connectivity index (χ0) is 18.9. The molecule has 0 aliphatic heterocycles. The highest BCUT2D eigenvalue weighted by molar-refractivity contribution is 6.04. The Kier molecular flexibility index (Phi) is 7.26. The highest BCUT2D eigenvalue weighted by Gasteiger charge is 2.12. The zero-order valence-corrected chi connectivity index (χ0v) is 15.9. The van der Waals surface area contributed by atoms with E-state index in [1.165, 1.54) is 0 Å². The van der Waals surface area contributed by atoms with Gasteiger partial charge in [0.1, 0.15) is 5.82 Å². The third-order valence-electron chi connectivity index (χ3n) is 3.90. The molecule has 1 aromatic carbocycles. The fourth-order valence-electron chi connectivity index (χ4n) is 2.59. The van der Waals surface area contributed by atoms with Gasteiger partial charge >= 0.3 is 0 Å². The summed E-state index contributed by atoms with van der Waals surface area (Å²) in [7, 11) is 0. The molecular weight excluding hydrogens is 330 g/mol. The Labute approximate surface area is 155 Å². The quantitative estimate of drug-likeness (QED) is 0.735. The number of anilines is 2. The summed E-state index contributed by atoms with van der Waals surface area (Å²) in [4.78, 5) is 19.1. The van der Waals surface area contributed by atoms with E-state index in [-0.39, 0.29) is 5.91 Å². The number of pyridine rings is 1. The van der Waals surface area contributed by atoms with Gasteiger partial charge in [-0.05, 0) is 58.0 Å². The van der Waals surface area contributed by atoms with Gasteiger partial charge in [0.15, 0.2) is 11.5 Å². The first-order valence-electron chi connectivity index (χ1n) is 9.04. The maximum atomic E-state index is 12.5. The lowest BCUT2D eigenvalue weighted by Gasteiger charge is -2.19. The van der Waals surface area contributed by atoms with E-state index in [0.29, 0.717) is 36.0 Å². The van der Waals surface area contributed by atoms with Crippen LogP contribution in [0, 0.1) is 0 Å². The van der Waals surface area contributed by atoms with Crippen LogP contribution in [0.1, 0.15) is 38.1 Å². The number of hydrogen-bond donors (Lipinski definition) is 1. The number of ether oxygens (including phenoxy) is 2. The van der Waals surface area contributed by atoms with Crippen LogP contribution in [0.5, 0.6) is 11.5 Å². The molecule has 0 saturated heterocycles. The summed E-state index contributed by atoms with van der Waals surface area (Å²) in [6.45, 7) is 10.8. The SMILES string of the molecule is CCOc1ccc(C(=O)Nc2ccc(N(CC)CC)nc2)cc1OCC. The molecule has 6 heteroatoms. The minimum Gasteiger partial charge on any atom is -0.490 e. The van der Waals surface area contributed by atoms with Crippen molar-refractivity contribution >= 4 is 17.4 Å². The molecule has 1 N–H and O–H groups in total. The van der Waals surface area contributed by atoms with Crippen LogP contribution in [0.3, 0.4) is 0 Å². The Morgan fingerprint density at radius 1 is 1.00 bits per heavy atom. The average Bonchev–Trinajstić information content (AvgIpc) is 2.66.